The van der Waals surface area contributed by atoms with Crippen LogP contribution in [0.15, 0.2) is 36.5 Å². The Morgan fingerprint density at radius 2 is 1.52 bits per heavy atom. The molecule has 1 aromatic heterocycles. The molecule has 0 aliphatic heterocycles. The Hall–Kier alpha value is -4.28. The largest absolute Gasteiger partial charge is 0.480 e. The Labute approximate surface area is 261 Å². The third-order valence-electron chi connectivity index (χ3n) is 6.84. The van der Waals surface area contributed by atoms with Gasteiger partial charge in [0.25, 0.3) is 0 Å². The topological polar surface area (TPSA) is 256 Å². The number of carboxylic acids is 1. The molecule has 1 unspecified atom stereocenters. The standard InChI is InChI=1S/C28H44N10O5S/c1-32-19(11-7-13-33-27(30)31)23(39)37-21(15-18-16-34-28(44)35-18)25(41)36-20(10-5-6-12-29)24(40)38-22(26(42)43)14-17-8-3-2-4-9-17/h2-4,8-9,16,19-22,32H,5-7,10-15,29H2,1H3,(H,36,41)(H,37,39)(H,38,40)(H,42,43)(H4,30,31,33)(H2,34,35,44)/t19?,20-,21-,22-/m0/s1. The molecule has 44 heavy (non-hydrogen) atoms. The van der Waals surface area contributed by atoms with Crippen LogP contribution in [0.4, 0.5) is 0 Å². The van der Waals surface area contributed by atoms with Crippen LogP contribution in [0, 0.1) is 10.2 Å². The first-order valence-corrected chi connectivity index (χ1v) is 14.8. The van der Waals surface area contributed by atoms with E-state index in [4.69, 9.17) is 29.1 Å². The third-order valence-corrected chi connectivity index (χ3v) is 7.06. The Kier molecular flexibility index (Phi) is 15.6. The molecule has 0 saturated heterocycles. The summed E-state index contributed by atoms with van der Waals surface area (Å²) in [4.78, 5) is 57.9. The van der Waals surface area contributed by atoms with Gasteiger partial charge in [0.1, 0.15) is 18.1 Å². The summed E-state index contributed by atoms with van der Waals surface area (Å²) in [6.45, 7) is 0.776. The second kappa shape index (κ2) is 19.1. The number of carbonyl (C=O) groups excluding carboxylic acids is 3. The summed E-state index contributed by atoms with van der Waals surface area (Å²) in [7, 11) is 1.62. The second-order valence-electron chi connectivity index (χ2n) is 10.3. The number of aliphatic carboxylic acids is 1. The maximum Gasteiger partial charge on any atom is 0.326 e. The van der Waals surface area contributed by atoms with E-state index < -0.39 is 47.9 Å². The average Bonchev–Trinajstić information content (AvgIpc) is 3.40. The molecule has 0 saturated carbocycles. The van der Waals surface area contributed by atoms with Gasteiger partial charge in [-0.2, -0.15) is 0 Å². The monoisotopic (exact) mass is 632 g/mol. The maximum absolute atomic E-state index is 13.6. The third kappa shape index (κ3) is 12.9. The predicted molar refractivity (Wildman–Crippen MR) is 168 cm³/mol. The van der Waals surface area contributed by atoms with Crippen LogP contribution in [0.5, 0.6) is 0 Å². The minimum Gasteiger partial charge on any atom is -0.480 e. The van der Waals surface area contributed by atoms with Crippen LogP contribution in [0.1, 0.15) is 43.4 Å². The zero-order chi connectivity index (χ0) is 32.5. The summed E-state index contributed by atoms with van der Waals surface area (Å²) >= 11 is 5.10. The van der Waals surface area contributed by atoms with Crippen LogP contribution in [0.3, 0.4) is 0 Å². The van der Waals surface area contributed by atoms with Gasteiger partial charge in [0.15, 0.2) is 10.7 Å². The average molecular weight is 633 g/mol. The fourth-order valence-electron chi connectivity index (χ4n) is 4.47. The normalized spacial score (nSPS) is 13.6. The van der Waals surface area contributed by atoms with Gasteiger partial charge in [0.05, 0.1) is 6.04 Å². The number of imidazole rings is 1. The van der Waals surface area contributed by atoms with Crippen LogP contribution < -0.4 is 38.1 Å². The van der Waals surface area contributed by atoms with E-state index in [1.165, 1.54) is 0 Å². The van der Waals surface area contributed by atoms with Crippen molar-refractivity contribution in [1.82, 2.24) is 36.6 Å². The number of carbonyl (C=O) groups is 4. The fourth-order valence-corrected chi connectivity index (χ4v) is 4.66. The number of amides is 3. The first kappa shape index (κ1) is 35.9. The number of likely N-dealkylation sites (N-methyl/N-ethyl adjacent to an activating group) is 1. The molecular formula is C28H44N10O5S. The van der Waals surface area contributed by atoms with Gasteiger partial charge in [-0.05, 0) is 63.5 Å². The van der Waals surface area contributed by atoms with Crippen molar-refractivity contribution < 1.29 is 24.3 Å². The summed E-state index contributed by atoms with van der Waals surface area (Å²) in [6, 6.07) is 4.85. The van der Waals surface area contributed by atoms with Crippen LogP contribution in [0.2, 0.25) is 0 Å². The number of hydrogen-bond donors (Lipinski definition) is 11. The van der Waals surface area contributed by atoms with E-state index in [-0.39, 0.29) is 25.2 Å². The van der Waals surface area contributed by atoms with Crippen molar-refractivity contribution in [3.8, 4) is 0 Å². The van der Waals surface area contributed by atoms with Crippen molar-refractivity contribution in [3.05, 3.63) is 52.6 Å². The molecule has 16 heteroatoms. The number of aromatic amines is 2. The van der Waals surface area contributed by atoms with Crippen molar-refractivity contribution >= 4 is 41.9 Å². The van der Waals surface area contributed by atoms with Crippen molar-refractivity contribution in [2.24, 2.45) is 11.5 Å². The predicted octanol–water partition coefficient (Wildman–Crippen LogP) is -0.623. The SMILES string of the molecule is CNC(CCCNC(=N)N)C(=O)N[C@@H](Cc1c[nH]c(=S)[nH]1)C(=O)N[C@@H](CCCCN)C(=O)N[C@@H](Cc1ccccc1)C(=O)O. The number of hydrogen-bond acceptors (Lipinski definition) is 8. The number of nitrogens with one attached hydrogen (secondary N) is 8. The molecule has 0 aliphatic rings. The highest BCUT2D eigenvalue weighted by Gasteiger charge is 2.31. The van der Waals surface area contributed by atoms with E-state index >= 15 is 0 Å². The van der Waals surface area contributed by atoms with Gasteiger partial charge in [-0.25, -0.2) is 4.79 Å². The van der Waals surface area contributed by atoms with Gasteiger partial charge in [0, 0.05) is 31.3 Å². The summed E-state index contributed by atoms with van der Waals surface area (Å²) in [5, 5.41) is 30.7. The number of unbranched alkanes of at least 4 members (excludes halogenated alkanes) is 1. The Morgan fingerprint density at radius 1 is 0.909 bits per heavy atom. The number of nitrogens with two attached hydrogens (primary N) is 2. The maximum atomic E-state index is 13.6. The van der Waals surface area contributed by atoms with E-state index in [0.717, 1.165) is 5.56 Å². The van der Waals surface area contributed by atoms with Crippen molar-refractivity contribution in [2.75, 3.05) is 20.1 Å². The summed E-state index contributed by atoms with van der Waals surface area (Å²) in [5.41, 5.74) is 12.2. The molecule has 242 valence electrons. The number of rotatable bonds is 20. The van der Waals surface area contributed by atoms with Crippen molar-refractivity contribution in [3.63, 3.8) is 0 Å². The molecule has 2 aromatic rings. The second-order valence-corrected chi connectivity index (χ2v) is 10.7. The van der Waals surface area contributed by atoms with Gasteiger partial charge in [-0.3, -0.25) is 19.8 Å². The molecule has 15 nitrogen and oxygen atoms in total. The molecule has 0 spiro atoms. The summed E-state index contributed by atoms with van der Waals surface area (Å²) < 4.78 is 0.341. The first-order valence-electron chi connectivity index (χ1n) is 14.4. The number of H-pyrrole nitrogens is 2. The highest BCUT2D eigenvalue weighted by Crippen LogP contribution is 2.08. The minimum absolute atomic E-state index is 0.0376. The molecule has 2 rings (SSSR count). The van der Waals surface area contributed by atoms with Gasteiger partial charge < -0.3 is 53.1 Å². The lowest BCUT2D eigenvalue weighted by atomic mass is 10.0. The highest BCUT2D eigenvalue weighted by molar-refractivity contribution is 7.71. The van der Waals surface area contributed by atoms with Gasteiger partial charge in [0.2, 0.25) is 17.7 Å². The molecule has 3 amide bonds. The lowest BCUT2D eigenvalue weighted by Crippen LogP contribution is -2.58. The first-order chi connectivity index (χ1) is 21.0. The molecular weight excluding hydrogens is 588 g/mol. The van der Waals surface area contributed by atoms with Crippen LogP contribution in [-0.2, 0) is 32.0 Å². The van der Waals surface area contributed by atoms with Crippen molar-refractivity contribution in [2.45, 2.75) is 69.1 Å². The molecule has 0 bridgehead atoms. The number of guanidine groups is 1. The van der Waals surface area contributed by atoms with Crippen LogP contribution in [0.25, 0.3) is 0 Å². The molecule has 0 aliphatic carbocycles. The lowest BCUT2D eigenvalue weighted by molar-refractivity contribution is -0.142. The molecule has 13 N–H and O–H groups in total. The van der Waals surface area contributed by atoms with E-state index in [9.17, 15) is 24.3 Å². The Bertz CT molecular complexity index is 1280. The fraction of sp³-hybridized carbons (Fsp3) is 0.500. The Morgan fingerprint density at radius 3 is 2.11 bits per heavy atom. The zero-order valence-corrected chi connectivity index (χ0v) is 25.6. The number of benzene rings is 1. The van der Waals surface area contributed by atoms with E-state index in [0.29, 0.717) is 49.2 Å². The molecule has 0 radical (unpaired) electrons. The number of aromatic nitrogens is 2. The Balaban J connectivity index is 2.21. The van der Waals surface area contributed by atoms with Crippen molar-refractivity contribution in [1.29, 1.82) is 5.41 Å². The van der Waals surface area contributed by atoms with Gasteiger partial charge >= 0.3 is 5.97 Å². The quantitative estimate of drug-likeness (QED) is 0.0381. The zero-order valence-electron chi connectivity index (χ0n) is 24.8. The molecule has 4 atom stereocenters. The van der Waals surface area contributed by atoms with E-state index in [1.54, 1.807) is 43.6 Å². The van der Waals surface area contributed by atoms with Crippen LogP contribution >= 0.6 is 12.2 Å². The highest BCUT2D eigenvalue weighted by atomic mass is 32.1. The number of carboxylic acid groups (broad SMARTS) is 1. The van der Waals surface area contributed by atoms with E-state index in [1.807, 2.05) is 0 Å². The van der Waals surface area contributed by atoms with Gasteiger partial charge in [-0.15, -0.1) is 0 Å². The summed E-state index contributed by atoms with van der Waals surface area (Å²) in [5.74, 6) is -3.11. The van der Waals surface area contributed by atoms with E-state index in [2.05, 4.69) is 36.6 Å². The summed E-state index contributed by atoms with van der Waals surface area (Å²) in [6.07, 6.45) is 3.91. The molecule has 1 aromatic carbocycles. The molecule has 1 heterocycles. The van der Waals surface area contributed by atoms with Gasteiger partial charge in [-0.1, -0.05) is 30.3 Å². The minimum atomic E-state index is -1.22. The molecule has 0 fully saturated rings. The lowest BCUT2D eigenvalue weighted by Gasteiger charge is -2.26. The van der Waals surface area contributed by atoms with Crippen LogP contribution in [-0.4, -0.2) is 89.0 Å². The smallest absolute Gasteiger partial charge is 0.326 e.